The van der Waals surface area contributed by atoms with Crippen LogP contribution in [0.3, 0.4) is 0 Å². The van der Waals surface area contributed by atoms with Crippen LogP contribution in [0.15, 0.2) is 40.7 Å². The molecule has 0 saturated heterocycles. The predicted molar refractivity (Wildman–Crippen MR) is 53.0 cm³/mol. The van der Waals surface area contributed by atoms with Gasteiger partial charge in [0.1, 0.15) is 11.9 Å². The summed E-state index contributed by atoms with van der Waals surface area (Å²) in [6.07, 6.45) is 3.00. The lowest BCUT2D eigenvalue weighted by Gasteiger charge is -1.97. The first kappa shape index (κ1) is 11.3. The second kappa shape index (κ2) is 5.86. The van der Waals surface area contributed by atoms with E-state index >= 15 is 0 Å². The van der Waals surface area contributed by atoms with Crippen LogP contribution in [0.2, 0.25) is 0 Å². The van der Waals surface area contributed by atoms with E-state index in [2.05, 4.69) is 10.5 Å². The van der Waals surface area contributed by atoms with Crippen molar-refractivity contribution in [3.63, 3.8) is 0 Å². The molecule has 0 bridgehead atoms. The number of ether oxygens (including phenoxy) is 1. The van der Waals surface area contributed by atoms with Crippen LogP contribution in [-0.4, -0.2) is 17.7 Å². The fraction of sp³-hybridized carbons (Fsp3) is 0.273. The molecule has 1 heterocycles. The molecule has 0 aliphatic rings. The van der Waals surface area contributed by atoms with Gasteiger partial charge in [0.2, 0.25) is 0 Å². The first-order valence-corrected chi connectivity index (χ1v) is 4.55. The molecule has 4 nitrogen and oxygen atoms in total. The molecule has 1 atom stereocenters. The molecule has 0 radical (unpaired) electrons. The largest absolute Gasteiger partial charge is 0.466 e. The van der Waals surface area contributed by atoms with E-state index in [9.17, 15) is 9.90 Å². The van der Waals surface area contributed by atoms with Crippen molar-refractivity contribution in [2.75, 3.05) is 6.61 Å². The van der Waals surface area contributed by atoms with E-state index < -0.39 is 12.1 Å². The number of aliphatic hydroxyl groups excluding tert-OH is 1. The minimum atomic E-state index is -0.898. The first-order chi connectivity index (χ1) is 7.24. The van der Waals surface area contributed by atoms with Crippen LogP contribution in [0.25, 0.3) is 0 Å². The normalized spacial score (nSPS) is 11.3. The second-order valence-electron chi connectivity index (χ2n) is 2.69. The van der Waals surface area contributed by atoms with E-state index in [4.69, 9.17) is 4.42 Å². The molecule has 1 aromatic heterocycles. The Bertz CT molecular complexity index is 358. The minimum absolute atomic E-state index is 0.317. The Labute approximate surface area is 87.5 Å². The summed E-state index contributed by atoms with van der Waals surface area (Å²) < 4.78 is 9.58. The molecule has 0 saturated carbocycles. The highest BCUT2D eigenvalue weighted by Crippen LogP contribution is 2.13. The van der Waals surface area contributed by atoms with Gasteiger partial charge in [0.05, 0.1) is 18.9 Å². The zero-order valence-electron chi connectivity index (χ0n) is 8.34. The zero-order valence-corrected chi connectivity index (χ0v) is 8.34. The number of hydrogen-bond acceptors (Lipinski definition) is 4. The van der Waals surface area contributed by atoms with Crippen LogP contribution in [0.5, 0.6) is 0 Å². The van der Waals surface area contributed by atoms with E-state index in [0.29, 0.717) is 12.4 Å². The third kappa shape index (κ3) is 3.85. The minimum Gasteiger partial charge on any atom is -0.466 e. The highest BCUT2D eigenvalue weighted by Gasteiger charge is 2.04. The number of esters is 1. The lowest BCUT2D eigenvalue weighted by atomic mass is 10.2. The smallest absolute Gasteiger partial charge is 0.338 e. The summed E-state index contributed by atoms with van der Waals surface area (Å²) >= 11 is 0. The third-order valence-corrected chi connectivity index (χ3v) is 1.58. The van der Waals surface area contributed by atoms with Gasteiger partial charge in [-0.1, -0.05) is 0 Å². The molecule has 15 heavy (non-hydrogen) atoms. The van der Waals surface area contributed by atoms with Gasteiger partial charge in [0, 0.05) is 0 Å². The van der Waals surface area contributed by atoms with Gasteiger partial charge in [-0.2, -0.15) is 0 Å². The fourth-order valence-corrected chi connectivity index (χ4v) is 0.933. The summed E-state index contributed by atoms with van der Waals surface area (Å²) in [6.45, 7) is 2.03. The van der Waals surface area contributed by atoms with Crippen molar-refractivity contribution in [3.05, 3.63) is 42.0 Å². The summed E-state index contributed by atoms with van der Waals surface area (Å²) in [5.74, 6) is -0.0832. The molecule has 1 rings (SSSR count). The van der Waals surface area contributed by atoms with Crippen LogP contribution in [0.4, 0.5) is 0 Å². The van der Waals surface area contributed by atoms with E-state index in [1.807, 2.05) is 0 Å². The average molecular weight is 208 g/mol. The second-order valence-corrected chi connectivity index (χ2v) is 2.69. The van der Waals surface area contributed by atoms with Gasteiger partial charge >= 0.3 is 5.97 Å². The number of carbonyl (C=O) groups is 1. The Morgan fingerprint density at radius 1 is 1.80 bits per heavy atom. The van der Waals surface area contributed by atoms with Crippen molar-refractivity contribution in [3.8, 4) is 0 Å². The van der Waals surface area contributed by atoms with Crippen molar-refractivity contribution in [1.82, 2.24) is 0 Å². The number of rotatable bonds is 4. The molecule has 0 spiro atoms. The van der Waals surface area contributed by atoms with Gasteiger partial charge in [-0.3, -0.25) is 0 Å². The summed E-state index contributed by atoms with van der Waals surface area (Å²) in [5, 5.41) is 9.47. The van der Waals surface area contributed by atoms with Gasteiger partial charge in [-0.25, -0.2) is 4.79 Å². The zero-order chi connectivity index (χ0) is 11.1. The van der Waals surface area contributed by atoms with Crippen molar-refractivity contribution < 1.29 is 19.1 Å². The molecule has 0 amide bonds. The molecule has 1 N–H and O–H groups in total. The maximum Gasteiger partial charge on any atom is 0.338 e. The van der Waals surface area contributed by atoms with Crippen LogP contribution in [0, 0.1) is 0 Å². The standard InChI is InChI=1S/C11H12O4/c1-2-14-11(13)7-3-5-9(12)10-6-4-8-15-10/h4-9,12H,2H2,1H3. The lowest BCUT2D eigenvalue weighted by molar-refractivity contribution is -0.137. The molecule has 1 aromatic rings. The van der Waals surface area contributed by atoms with Crippen LogP contribution in [0.1, 0.15) is 18.8 Å². The quantitative estimate of drug-likeness (QED) is 0.463. The van der Waals surface area contributed by atoms with Crippen LogP contribution in [-0.2, 0) is 9.53 Å². The van der Waals surface area contributed by atoms with Gasteiger partial charge in [-0.15, -0.1) is 5.73 Å². The SMILES string of the molecule is CCOC(=O)C=C=CC(O)c1ccco1. The summed E-state index contributed by atoms with van der Waals surface area (Å²) in [6, 6.07) is 3.30. The maximum atomic E-state index is 10.8. The Balaban J connectivity index is 2.54. The Morgan fingerprint density at radius 2 is 2.60 bits per heavy atom. The molecule has 0 fully saturated rings. The Hall–Kier alpha value is -1.77. The fourth-order valence-electron chi connectivity index (χ4n) is 0.933. The third-order valence-electron chi connectivity index (χ3n) is 1.58. The van der Waals surface area contributed by atoms with Crippen molar-refractivity contribution in [2.45, 2.75) is 13.0 Å². The van der Waals surface area contributed by atoms with Gasteiger partial charge in [-0.05, 0) is 25.1 Å². The monoisotopic (exact) mass is 208 g/mol. The van der Waals surface area contributed by atoms with E-state index in [-0.39, 0.29) is 0 Å². The van der Waals surface area contributed by atoms with Crippen molar-refractivity contribution >= 4 is 5.97 Å². The van der Waals surface area contributed by atoms with E-state index in [1.54, 1.807) is 19.1 Å². The van der Waals surface area contributed by atoms with E-state index in [1.165, 1.54) is 12.3 Å². The van der Waals surface area contributed by atoms with Gasteiger partial charge in [0.25, 0.3) is 0 Å². The summed E-state index contributed by atoms with van der Waals surface area (Å²) in [5.41, 5.74) is 2.52. The number of hydrogen-bond donors (Lipinski definition) is 1. The first-order valence-electron chi connectivity index (χ1n) is 4.55. The maximum absolute atomic E-state index is 10.8. The van der Waals surface area contributed by atoms with Gasteiger partial charge < -0.3 is 14.3 Å². The van der Waals surface area contributed by atoms with Crippen molar-refractivity contribution in [2.24, 2.45) is 0 Å². The molecule has 80 valence electrons. The molecule has 0 aliphatic heterocycles. The Kier molecular flexibility index (Phi) is 4.41. The molecule has 0 aromatic carbocycles. The molecular formula is C11H12O4. The molecular weight excluding hydrogens is 196 g/mol. The van der Waals surface area contributed by atoms with E-state index in [0.717, 1.165) is 6.08 Å². The highest BCUT2D eigenvalue weighted by molar-refractivity contribution is 5.81. The number of aliphatic hydroxyl groups is 1. The predicted octanol–water partition coefficient (Wildman–Crippen LogP) is 1.59. The highest BCUT2D eigenvalue weighted by atomic mass is 16.5. The Morgan fingerprint density at radius 3 is 3.20 bits per heavy atom. The van der Waals surface area contributed by atoms with Crippen molar-refractivity contribution in [1.29, 1.82) is 0 Å². The molecule has 1 unspecified atom stereocenters. The molecule has 0 aliphatic carbocycles. The lowest BCUT2D eigenvalue weighted by Crippen LogP contribution is -1.98. The van der Waals surface area contributed by atoms with Crippen LogP contribution < -0.4 is 0 Å². The number of carbonyl (C=O) groups excluding carboxylic acids is 1. The average Bonchev–Trinajstić information content (AvgIpc) is 2.70. The molecule has 4 heteroatoms. The van der Waals surface area contributed by atoms with Crippen LogP contribution >= 0.6 is 0 Å². The topological polar surface area (TPSA) is 59.7 Å². The summed E-state index contributed by atoms with van der Waals surface area (Å²) in [7, 11) is 0. The summed E-state index contributed by atoms with van der Waals surface area (Å²) in [4.78, 5) is 10.8. The number of furan rings is 1. The van der Waals surface area contributed by atoms with Gasteiger partial charge in [0.15, 0.2) is 0 Å².